The van der Waals surface area contributed by atoms with E-state index in [1.165, 1.54) is 0 Å². The van der Waals surface area contributed by atoms with Gasteiger partial charge in [0, 0.05) is 17.2 Å². The minimum atomic E-state index is 0. The minimum absolute atomic E-state index is 0. The second-order valence-corrected chi connectivity index (χ2v) is 3.64. The summed E-state index contributed by atoms with van der Waals surface area (Å²) >= 11 is 0. The number of benzene rings is 2. The van der Waals surface area contributed by atoms with Crippen molar-refractivity contribution in [2.24, 2.45) is 0 Å². The molecule has 0 amide bonds. The Morgan fingerprint density at radius 2 is 1.65 bits per heavy atom. The summed E-state index contributed by atoms with van der Waals surface area (Å²) in [6, 6.07) is 14.9. The maximum absolute atomic E-state index is 11.5. The van der Waals surface area contributed by atoms with Crippen molar-refractivity contribution in [3.8, 4) is 5.75 Å². The molecule has 0 spiro atoms. The summed E-state index contributed by atoms with van der Waals surface area (Å²) in [5.74, 6) is 0.0311. The third kappa shape index (κ3) is 3.49. The van der Waals surface area contributed by atoms with E-state index < -0.39 is 0 Å². The van der Waals surface area contributed by atoms with Crippen LogP contribution in [0.1, 0.15) is 11.1 Å². The van der Waals surface area contributed by atoms with Gasteiger partial charge in [0.15, 0.2) is 6.21 Å². The van der Waals surface area contributed by atoms with Crippen molar-refractivity contribution < 1.29 is 29.0 Å². The first-order valence-electron chi connectivity index (χ1n) is 5.19. The van der Waals surface area contributed by atoms with Crippen molar-refractivity contribution in [3.05, 3.63) is 59.7 Å². The van der Waals surface area contributed by atoms with Crippen LogP contribution in [0.2, 0.25) is 0 Å². The Balaban J connectivity index is 0.00000144. The molecule has 0 aliphatic heterocycles. The van der Waals surface area contributed by atoms with E-state index in [0.717, 1.165) is 11.3 Å². The second-order valence-electron chi connectivity index (χ2n) is 3.64. The summed E-state index contributed by atoms with van der Waals surface area (Å²) < 4.78 is 0. The molecule has 0 unspecified atom stereocenters. The van der Waals surface area contributed by atoms with E-state index in [0.29, 0.717) is 5.56 Å². The van der Waals surface area contributed by atoms with Gasteiger partial charge in [-0.05, 0) is 13.0 Å². The quantitative estimate of drug-likeness (QED) is 0.455. The van der Waals surface area contributed by atoms with Gasteiger partial charge in [0.25, 0.3) is 0 Å². The van der Waals surface area contributed by atoms with Gasteiger partial charge in [-0.3, -0.25) is 0 Å². The molecule has 3 heteroatoms. The Labute approximate surface area is 113 Å². The van der Waals surface area contributed by atoms with Crippen molar-refractivity contribution in [1.82, 2.24) is 0 Å². The van der Waals surface area contributed by atoms with Crippen LogP contribution in [-0.2, 0) is 0 Å². The standard InChI is InChI=1S/C14H13NO.Li/c1-11-6-2-4-8-13(11)15-10-12-7-3-5-9-14(12)16;/h2-10,16H,1H3;/q;+1. The van der Waals surface area contributed by atoms with Gasteiger partial charge in [-0.15, -0.1) is 0 Å². The summed E-state index contributed by atoms with van der Waals surface area (Å²) in [6.07, 6.45) is 1.74. The largest absolute Gasteiger partial charge is 1.00 e. The van der Waals surface area contributed by atoms with Gasteiger partial charge in [-0.1, -0.05) is 42.1 Å². The molecular weight excluding hydrogens is 205 g/mol. The van der Waals surface area contributed by atoms with Crippen LogP contribution in [0.5, 0.6) is 5.75 Å². The summed E-state index contributed by atoms with van der Waals surface area (Å²) in [5.41, 5.74) is 2.85. The van der Waals surface area contributed by atoms with Gasteiger partial charge in [-0.2, -0.15) is 0 Å². The van der Waals surface area contributed by atoms with Gasteiger partial charge in [0.1, 0.15) is 0 Å². The van der Waals surface area contributed by atoms with Crippen LogP contribution >= 0.6 is 0 Å². The topological polar surface area (TPSA) is 37.0 Å². The van der Waals surface area contributed by atoms with Crippen LogP contribution in [0.4, 0.5) is 5.69 Å². The molecule has 2 nitrogen and oxygen atoms in total. The molecule has 0 atom stereocenters. The van der Waals surface area contributed by atoms with E-state index >= 15 is 0 Å². The number of aryl methyl sites for hydroxylation is 1. The Hall–Kier alpha value is -1.49. The third-order valence-corrected chi connectivity index (χ3v) is 2.45. The molecule has 0 saturated carbocycles. The zero-order valence-corrected chi connectivity index (χ0v) is 10.1. The van der Waals surface area contributed by atoms with Gasteiger partial charge in [-0.25, -0.2) is 4.99 Å². The van der Waals surface area contributed by atoms with E-state index in [1.807, 2.05) is 37.3 Å². The molecule has 80 valence electrons. The second kappa shape index (κ2) is 6.29. The van der Waals surface area contributed by atoms with Crippen molar-refractivity contribution >= 4 is 11.9 Å². The summed E-state index contributed by atoms with van der Waals surface area (Å²) in [7, 11) is 0. The Bertz CT molecular complexity index is 476. The fourth-order valence-electron chi connectivity index (χ4n) is 1.49. The van der Waals surface area contributed by atoms with Crippen molar-refractivity contribution in [2.75, 3.05) is 0 Å². The average Bonchev–Trinajstić information content (AvgIpc) is 2.30. The summed E-state index contributed by atoms with van der Waals surface area (Å²) in [6.45, 7) is 2.03. The fourth-order valence-corrected chi connectivity index (χ4v) is 1.49. The molecule has 0 fully saturated rings. The maximum Gasteiger partial charge on any atom is 1.00 e. The molecule has 17 heavy (non-hydrogen) atoms. The van der Waals surface area contributed by atoms with Gasteiger partial charge in [0.05, 0.1) is 0 Å². The van der Waals surface area contributed by atoms with E-state index in [2.05, 4.69) is 4.99 Å². The van der Waals surface area contributed by atoms with Crippen LogP contribution in [0.25, 0.3) is 0 Å². The minimum Gasteiger partial charge on any atom is -0.872 e. The number of nitrogens with one attached hydrogen (secondary N) is 1. The Morgan fingerprint density at radius 1 is 1.00 bits per heavy atom. The average molecular weight is 218 g/mol. The molecule has 1 N–H and O–H groups in total. The van der Waals surface area contributed by atoms with Crippen molar-refractivity contribution in [1.29, 1.82) is 0 Å². The Kier molecular flexibility index (Phi) is 5.02. The molecule has 0 saturated heterocycles. The molecule has 0 aliphatic carbocycles. The van der Waals surface area contributed by atoms with E-state index in [9.17, 15) is 5.11 Å². The van der Waals surface area contributed by atoms with Crippen LogP contribution < -0.4 is 29.0 Å². The van der Waals surface area contributed by atoms with Gasteiger partial charge < -0.3 is 5.11 Å². The van der Waals surface area contributed by atoms with Gasteiger partial charge >= 0.3 is 18.9 Å². The number of hydrogen-bond donors (Lipinski definition) is 1. The van der Waals surface area contributed by atoms with E-state index in [4.69, 9.17) is 0 Å². The zero-order valence-electron chi connectivity index (χ0n) is 10.1. The predicted molar refractivity (Wildman–Crippen MR) is 62.9 cm³/mol. The smallest absolute Gasteiger partial charge is 0.872 e. The number of para-hydroxylation sites is 2. The first kappa shape index (κ1) is 13.6. The monoisotopic (exact) mass is 218 g/mol. The van der Waals surface area contributed by atoms with E-state index in [1.54, 1.807) is 24.4 Å². The van der Waals surface area contributed by atoms with Crippen molar-refractivity contribution in [2.45, 2.75) is 6.92 Å². The first-order valence-corrected chi connectivity index (χ1v) is 5.19. The van der Waals surface area contributed by atoms with Crippen LogP contribution in [0.3, 0.4) is 0 Å². The van der Waals surface area contributed by atoms with Crippen LogP contribution in [0, 0.1) is 6.92 Å². The molecule has 0 aromatic heterocycles. The molecular formula is C14H13LiNO+. The normalized spacial score (nSPS) is 10.2. The molecule has 0 bridgehead atoms. The molecule has 2 aromatic rings. The predicted octanol–water partition coefficient (Wildman–Crippen LogP) is -2.10. The van der Waals surface area contributed by atoms with E-state index in [-0.39, 0.29) is 24.6 Å². The summed E-state index contributed by atoms with van der Waals surface area (Å²) in [5, 5.41) is 11.5. The Morgan fingerprint density at radius 3 is 2.35 bits per heavy atom. The van der Waals surface area contributed by atoms with Crippen molar-refractivity contribution in [3.63, 3.8) is 0 Å². The van der Waals surface area contributed by atoms with Crippen LogP contribution in [0.15, 0.2) is 48.5 Å². The number of rotatable bonds is 2. The summed E-state index contributed by atoms with van der Waals surface area (Å²) in [4.78, 5) is 3.15. The molecule has 2 aromatic carbocycles. The first-order chi connectivity index (χ1) is 7.77. The molecule has 2 rings (SSSR count). The maximum atomic E-state index is 11.5. The third-order valence-electron chi connectivity index (χ3n) is 2.45. The molecule has 0 heterocycles. The fraction of sp³-hybridized carbons (Fsp3) is 0.0714. The van der Waals surface area contributed by atoms with Gasteiger partial charge in [0.2, 0.25) is 5.69 Å². The SMILES string of the molecule is Cc1ccccc1[NH+]=Cc1ccccc1[O-].[Li+]. The number of hydrogen-bond acceptors (Lipinski definition) is 1. The van der Waals surface area contributed by atoms with Crippen LogP contribution in [-0.4, -0.2) is 6.21 Å². The molecule has 0 radical (unpaired) electrons. The zero-order chi connectivity index (χ0) is 11.4. The molecule has 0 aliphatic rings.